The summed E-state index contributed by atoms with van der Waals surface area (Å²) in [5, 5.41) is 9.05. The summed E-state index contributed by atoms with van der Waals surface area (Å²) in [5.41, 5.74) is -0.247. The number of nitrogens with one attached hydrogen (secondary N) is 1. The molecule has 0 saturated carbocycles. The topological polar surface area (TPSA) is 99.7 Å². The molecule has 1 saturated heterocycles. The number of aromatic amines is 1. The number of rotatable bonds is 3. The van der Waals surface area contributed by atoms with Crippen molar-refractivity contribution in [2.45, 2.75) is 6.04 Å². The van der Waals surface area contributed by atoms with E-state index in [9.17, 15) is 14.4 Å². The summed E-state index contributed by atoms with van der Waals surface area (Å²) in [4.78, 5) is 38.1. The number of likely N-dealkylation sites (N-methyl/N-ethyl adjacent to an activating group) is 1. The van der Waals surface area contributed by atoms with Crippen LogP contribution in [0.3, 0.4) is 0 Å². The fraction of sp³-hybridized carbons (Fsp3) is 0.417. The molecular formula is C12H14N2O5. The molecule has 1 aromatic rings. The Morgan fingerprint density at radius 1 is 1.42 bits per heavy atom. The molecule has 0 aliphatic carbocycles. The molecule has 2 unspecified atom stereocenters. The Labute approximate surface area is 108 Å². The molecule has 0 spiro atoms. The molecule has 0 bridgehead atoms. The number of ether oxygens (including phenoxy) is 1. The van der Waals surface area contributed by atoms with E-state index < -0.39 is 23.8 Å². The Kier molecular flexibility index (Phi) is 3.66. The highest BCUT2D eigenvalue weighted by atomic mass is 16.5. The third-order valence-corrected chi connectivity index (χ3v) is 3.18. The van der Waals surface area contributed by atoms with Gasteiger partial charge in [0.15, 0.2) is 0 Å². The molecule has 7 nitrogen and oxygen atoms in total. The maximum absolute atomic E-state index is 12.2. The number of aliphatic carboxylic acids is 1. The van der Waals surface area contributed by atoms with Crippen LogP contribution >= 0.6 is 0 Å². The lowest BCUT2D eigenvalue weighted by Gasteiger charge is -2.26. The lowest BCUT2D eigenvalue weighted by Crippen LogP contribution is -2.44. The molecule has 2 atom stereocenters. The van der Waals surface area contributed by atoms with Gasteiger partial charge in [-0.3, -0.25) is 14.4 Å². The lowest BCUT2D eigenvalue weighted by molar-refractivity contribution is -0.142. The van der Waals surface area contributed by atoms with Crippen LogP contribution < -0.4 is 5.56 Å². The summed E-state index contributed by atoms with van der Waals surface area (Å²) in [6.45, 7) is 0.263. The number of hydrogen-bond donors (Lipinski definition) is 2. The highest BCUT2D eigenvalue weighted by Crippen LogP contribution is 2.20. The number of nitrogens with zero attached hydrogens (tertiary/aromatic N) is 1. The smallest absolute Gasteiger partial charge is 0.311 e. The van der Waals surface area contributed by atoms with Crippen molar-refractivity contribution >= 4 is 11.9 Å². The van der Waals surface area contributed by atoms with Crippen LogP contribution in [-0.4, -0.2) is 53.2 Å². The van der Waals surface area contributed by atoms with Gasteiger partial charge in [0, 0.05) is 13.1 Å². The van der Waals surface area contributed by atoms with Gasteiger partial charge in [-0.25, -0.2) is 0 Å². The minimum absolute atomic E-state index is 0.0862. The van der Waals surface area contributed by atoms with E-state index >= 15 is 0 Å². The fourth-order valence-electron chi connectivity index (χ4n) is 2.07. The molecule has 19 heavy (non-hydrogen) atoms. The van der Waals surface area contributed by atoms with E-state index in [1.807, 2.05) is 0 Å². The second kappa shape index (κ2) is 5.23. The molecule has 1 fully saturated rings. The summed E-state index contributed by atoms with van der Waals surface area (Å²) in [6.07, 6.45) is 0. The average molecular weight is 266 g/mol. The standard InChI is InChI=1S/C12H14N2O5/c1-14(9-6-19-5-7(9)12(17)18)11(16)8-3-2-4-10(15)13-8/h2-4,7,9H,5-6H2,1H3,(H,13,15)(H,17,18). The van der Waals surface area contributed by atoms with Crippen LogP contribution in [0, 0.1) is 5.92 Å². The third kappa shape index (κ3) is 2.65. The Morgan fingerprint density at radius 3 is 2.79 bits per heavy atom. The first-order chi connectivity index (χ1) is 9.00. The summed E-state index contributed by atoms with van der Waals surface area (Å²) in [7, 11) is 1.50. The van der Waals surface area contributed by atoms with Gasteiger partial charge in [0.05, 0.1) is 19.3 Å². The second-order valence-electron chi connectivity index (χ2n) is 4.39. The zero-order chi connectivity index (χ0) is 14.0. The van der Waals surface area contributed by atoms with Crippen LogP contribution in [0.25, 0.3) is 0 Å². The quantitative estimate of drug-likeness (QED) is 0.771. The summed E-state index contributed by atoms with van der Waals surface area (Å²) >= 11 is 0. The molecule has 2 N–H and O–H groups in total. The average Bonchev–Trinajstić information content (AvgIpc) is 2.86. The molecule has 0 aromatic carbocycles. The number of hydrogen-bond acceptors (Lipinski definition) is 4. The molecule has 1 aliphatic heterocycles. The van der Waals surface area contributed by atoms with Crippen LogP contribution in [0.4, 0.5) is 0 Å². The minimum Gasteiger partial charge on any atom is -0.481 e. The SMILES string of the molecule is CN(C(=O)c1cccc(=O)[nH]1)C1COCC1C(=O)O. The van der Waals surface area contributed by atoms with E-state index in [-0.39, 0.29) is 24.5 Å². The number of H-pyrrole nitrogens is 1. The Hall–Kier alpha value is -2.15. The van der Waals surface area contributed by atoms with E-state index in [2.05, 4.69) is 4.98 Å². The van der Waals surface area contributed by atoms with Gasteiger partial charge in [-0.05, 0) is 6.07 Å². The van der Waals surface area contributed by atoms with Crippen molar-refractivity contribution in [3.63, 3.8) is 0 Å². The van der Waals surface area contributed by atoms with Crippen LogP contribution in [0.5, 0.6) is 0 Å². The van der Waals surface area contributed by atoms with E-state index in [1.54, 1.807) is 0 Å². The normalized spacial score (nSPS) is 22.2. The number of carbonyl (C=O) groups is 2. The van der Waals surface area contributed by atoms with Crippen molar-refractivity contribution in [3.05, 3.63) is 34.2 Å². The maximum atomic E-state index is 12.2. The van der Waals surface area contributed by atoms with Crippen molar-refractivity contribution in [2.24, 2.45) is 5.92 Å². The van der Waals surface area contributed by atoms with Crippen LogP contribution in [-0.2, 0) is 9.53 Å². The molecule has 1 aromatic heterocycles. The molecule has 2 rings (SSSR count). The third-order valence-electron chi connectivity index (χ3n) is 3.18. The van der Waals surface area contributed by atoms with Gasteiger partial charge in [0.1, 0.15) is 11.6 Å². The monoisotopic (exact) mass is 266 g/mol. The fourth-order valence-corrected chi connectivity index (χ4v) is 2.07. The summed E-state index contributed by atoms with van der Waals surface area (Å²) in [5.74, 6) is -2.17. The summed E-state index contributed by atoms with van der Waals surface area (Å²) < 4.78 is 5.12. The maximum Gasteiger partial charge on any atom is 0.311 e. The number of amides is 1. The van der Waals surface area contributed by atoms with E-state index in [0.29, 0.717) is 0 Å². The predicted octanol–water partition coefficient (Wildman–Crippen LogP) is -0.453. The zero-order valence-corrected chi connectivity index (χ0v) is 10.3. The van der Waals surface area contributed by atoms with Gasteiger partial charge < -0.3 is 19.7 Å². The molecule has 7 heteroatoms. The first-order valence-electron chi connectivity index (χ1n) is 5.77. The molecule has 1 aliphatic rings. The van der Waals surface area contributed by atoms with Crippen molar-refractivity contribution in [2.75, 3.05) is 20.3 Å². The van der Waals surface area contributed by atoms with Crippen molar-refractivity contribution < 1.29 is 19.4 Å². The first kappa shape index (κ1) is 13.3. The number of carboxylic acids is 1. The zero-order valence-electron chi connectivity index (χ0n) is 10.3. The summed E-state index contributed by atoms with van der Waals surface area (Å²) in [6, 6.07) is 3.72. The van der Waals surface area contributed by atoms with Gasteiger partial charge in [-0.2, -0.15) is 0 Å². The predicted molar refractivity (Wildman–Crippen MR) is 64.9 cm³/mol. The Balaban J connectivity index is 2.19. The molecule has 0 radical (unpaired) electrons. The van der Waals surface area contributed by atoms with Gasteiger partial charge >= 0.3 is 5.97 Å². The Bertz CT molecular complexity index is 553. The largest absolute Gasteiger partial charge is 0.481 e. The first-order valence-corrected chi connectivity index (χ1v) is 5.77. The van der Waals surface area contributed by atoms with Gasteiger partial charge in [-0.15, -0.1) is 0 Å². The Morgan fingerprint density at radius 2 is 2.16 bits per heavy atom. The molecular weight excluding hydrogens is 252 g/mol. The van der Waals surface area contributed by atoms with Crippen LogP contribution in [0.2, 0.25) is 0 Å². The van der Waals surface area contributed by atoms with E-state index in [1.165, 1.54) is 30.1 Å². The number of carboxylic acid groups (broad SMARTS) is 1. The molecule has 102 valence electrons. The van der Waals surface area contributed by atoms with E-state index in [0.717, 1.165) is 0 Å². The van der Waals surface area contributed by atoms with Crippen LogP contribution in [0.1, 0.15) is 10.5 Å². The van der Waals surface area contributed by atoms with Gasteiger partial charge in [-0.1, -0.05) is 6.07 Å². The number of pyridine rings is 1. The van der Waals surface area contributed by atoms with Gasteiger partial charge in [0.2, 0.25) is 5.56 Å². The molecule has 2 heterocycles. The lowest BCUT2D eigenvalue weighted by atomic mass is 10.0. The van der Waals surface area contributed by atoms with E-state index in [4.69, 9.17) is 9.84 Å². The number of carbonyl (C=O) groups excluding carboxylic acids is 1. The van der Waals surface area contributed by atoms with Crippen molar-refractivity contribution in [1.29, 1.82) is 0 Å². The highest BCUT2D eigenvalue weighted by Gasteiger charge is 2.38. The number of aromatic nitrogens is 1. The minimum atomic E-state index is -0.997. The molecule has 1 amide bonds. The second-order valence-corrected chi connectivity index (χ2v) is 4.39. The van der Waals surface area contributed by atoms with Crippen molar-refractivity contribution in [1.82, 2.24) is 9.88 Å². The van der Waals surface area contributed by atoms with Crippen LogP contribution in [0.15, 0.2) is 23.0 Å². The van der Waals surface area contributed by atoms with Crippen molar-refractivity contribution in [3.8, 4) is 0 Å². The van der Waals surface area contributed by atoms with Gasteiger partial charge in [0.25, 0.3) is 5.91 Å². The highest BCUT2D eigenvalue weighted by molar-refractivity contribution is 5.92.